The van der Waals surface area contributed by atoms with Crippen LogP contribution in [0.3, 0.4) is 0 Å². The number of benzene rings is 1. The van der Waals surface area contributed by atoms with Gasteiger partial charge in [0, 0.05) is 64.6 Å². The SMILES string of the molecule is CCCN1C[C@@H](CC(=O)N(CC)CCN2CCc3ccccc3C2)C[C@@H]2CC(=O)CC[C@H]21. The zero-order valence-electron chi connectivity index (χ0n) is 20.1. The Morgan fingerprint density at radius 3 is 2.72 bits per heavy atom. The molecule has 1 amide bonds. The van der Waals surface area contributed by atoms with Crippen LogP contribution in [0.1, 0.15) is 63.5 Å². The Hall–Kier alpha value is -1.72. The Kier molecular flexibility index (Phi) is 8.01. The molecule has 32 heavy (non-hydrogen) atoms. The predicted molar refractivity (Wildman–Crippen MR) is 128 cm³/mol. The van der Waals surface area contributed by atoms with Gasteiger partial charge in [0.25, 0.3) is 0 Å². The highest BCUT2D eigenvalue weighted by molar-refractivity contribution is 5.79. The molecule has 5 heteroatoms. The lowest BCUT2D eigenvalue weighted by Gasteiger charge is -2.47. The minimum atomic E-state index is 0.298. The number of rotatable bonds is 8. The Labute approximate surface area is 194 Å². The second-order valence-electron chi connectivity index (χ2n) is 10.2. The van der Waals surface area contributed by atoms with Gasteiger partial charge in [0.05, 0.1) is 0 Å². The van der Waals surface area contributed by atoms with Gasteiger partial charge in [0.1, 0.15) is 5.78 Å². The Bertz CT molecular complexity index is 795. The Morgan fingerprint density at radius 2 is 1.94 bits per heavy atom. The number of likely N-dealkylation sites (tertiary alicyclic amines) is 1. The minimum absolute atomic E-state index is 0.298. The molecule has 1 aromatic carbocycles. The number of nitrogens with zero attached hydrogens (tertiary/aromatic N) is 3. The Morgan fingerprint density at radius 1 is 1.12 bits per heavy atom. The maximum Gasteiger partial charge on any atom is 0.222 e. The summed E-state index contributed by atoms with van der Waals surface area (Å²) < 4.78 is 0. The summed E-state index contributed by atoms with van der Waals surface area (Å²) in [6.07, 6.45) is 6.41. The van der Waals surface area contributed by atoms with Crippen LogP contribution in [0.5, 0.6) is 0 Å². The molecule has 0 spiro atoms. The summed E-state index contributed by atoms with van der Waals surface area (Å²) in [4.78, 5) is 32.4. The lowest BCUT2D eigenvalue weighted by molar-refractivity contribution is -0.133. The molecule has 0 N–H and O–H groups in total. The number of hydrogen-bond acceptors (Lipinski definition) is 4. The van der Waals surface area contributed by atoms with Crippen LogP contribution in [0, 0.1) is 11.8 Å². The van der Waals surface area contributed by atoms with Crippen molar-refractivity contribution >= 4 is 11.7 Å². The van der Waals surface area contributed by atoms with Crippen LogP contribution >= 0.6 is 0 Å². The molecule has 0 unspecified atom stereocenters. The number of likely N-dealkylation sites (N-methyl/N-ethyl adjacent to an activating group) is 1. The summed E-state index contributed by atoms with van der Waals surface area (Å²) in [6, 6.07) is 9.29. The van der Waals surface area contributed by atoms with Crippen LogP contribution in [0.15, 0.2) is 24.3 Å². The van der Waals surface area contributed by atoms with Gasteiger partial charge in [0.15, 0.2) is 0 Å². The summed E-state index contributed by atoms with van der Waals surface area (Å²) in [7, 11) is 0. The molecule has 176 valence electrons. The predicted octanol–water partition coefficient (Wildman–Crippen LogP) is 3.75. The number of fused-ring (bicyclic) bond motifs is 2. The summed E-state index contributed by atoms with van der Waals surface area (Å²) in [5.74, 6) is 1.56. The molecule has 2 heterocycles. The highest BCUT2D eigenvalue weighted by Gasteiger charge is 2.40. The number of Topliss-reactive ketones (excluding diaryl/α,β-unsaturated/α-hetero) is 1. The fraction of sp³-hybridized carbons (Fsp3) is 0.704. The average molecular weight is 440 g/mol. The van der Waals surface area contributed by atoms with Crippen molar-refractivity contribution in [1.82, 2.24) is 14.7 Å². The molecular weight excluding hydrogens is 398 g/mol. The number of carbonyl (C=O) groups is 2. The van der Waals surface area contributed by atoms with Crippen molar-refractivity contribution in [3.05, 3.63) is 35.4 Å². The molecule has 0 aromatic heterocycles. The van der Waals surface area contributed by atoms with Crippen LogP contribution < -0.4 is 0 Å². The normalized spacial score (nSPS) is 26.4. The fourth-order valence-corrected chi connectivity index (χ4v) is 6.30. The van der Waals surface area contributed by atoms with Crippen molar-refractivity contribution in [3.8, 4) is 0 Å². The maximum absolute atomic E-state index is 13.2. The van der Waals surface area contributed by atoms with Gasteiger partial charge in [-0.1, -0.05) is 31.2 Å². The quantitative estimate of drug-likeness (QED) is 0.619. The molecule has 0 radical (unpaired) electrons. The molecule has 1 saturated carbocycles. The van der Waals surface area contributed by atoms with E-state index in [2.05, 4.69) is 52.8 Å². The lowest BCUT2D eigenvalue weighted by atomic mass is 9.73. The van der Waals surface area contributed by atoms with Gasteiger partial charge in [-0.3, -0.25) is 19.4 Å². The van der Waals surface area contributed by atoms with E-state index in [0.29, 0.717) is 36.0 Å². The van der Waals surface area contributed by atoms with E-state index >= 15 is 0 Å². The molecule has 2 fully saturated rings. The first-order valence-electron chi connectivity index (χ1n) is 12.9. The first kappa shape index (κ1) is 23.4. The number of carbonyl (C=O) groups excluding carboxylic acids is 2. The van der Waals surface area contributed by atoms with Crippen LogP contribution in [0.2, 0.25) is 0 Å². The smallest absolute Gasteiger partial charge is 0.222 e. The molecule has 3 atom stereocenters. The van der Waals surface area contributed by atoms with Crippen molar-refractivity contribution in [1.29, 1.82) is 0 Å². The summed E-state index contributed by atoms with van der Waals surface area (Å²) in [5.41, 5.74) is 2.91. The van der Waals surface area contributed by atoms with Crippen molar-refractivity contribution in [3.63, 3.8) is 0 Å². The van der Waals surface area contributed by atoms with E-state index in [1.54, 1.807) is 0 Å². The van der Waals surface area contributed by atoms with Gasteiger partial charge in [-0.25, -0.2) is 0 Å². The van der Waals surface area contributed by atoms with E-state index < -0.39 is 0 Å². The second kappa shape index (κ2) is 10.9. The van der Waals surface area contributed by atoms with Crippen molar-refractivity contribution in [2.24, 2.45) is 11.8 Å². The van der Waals surface area contributed by atoms with E-state index in [1.807, 2.05) is 0 Å². The molecule has 5 nitrogen and oxygen atoms in total. The summed E-state index contributed by atoms with van der Waals surface area (Å²) in [6.45, 7) is 11.1. The van der Waals surface area contributed by atoms with Crippen LogP contribution in [-0.4, -0.2) is 71.7 Å². The number of hydrogen-bond donors (Lipinski definition) is 0. The monoisotopic (exact) mass is 439 g/mol. The summed E-state index contributed by atoms with van der Waals surface area (Å²) >= 11 is 0. The number of ketones is 1. The van der Waals surface area contributed by atoms with Gasteiger partial charge >= 0.3 is 0 Å². The minimum Gasteiger partial charge on any atom is -0.342 e. The third kappa shape index (κ3) is 5.60. The molecule has 1 saturated heterocycles. The molecule has 4 rings (SSSR count). The average Bonchev–Trinajstić information content (AvgIpc) is 2.79. The third-order valence-corrected chi connectivity index (χ3v) is 7.96. The topological polar surface area (TPSA) is 43.9 Å². The van der Waals surface area contributed by atoms with E-state index in [9.17, 15) is 9.59 Å². The second-order valence-corrected chi connectivity index (χ2v) is 10.2. The van der Waals surface area contributed by atoms with Gasteiger partial charge in [-0.05, 0) is 62.1 Å². The first-order valence-corrected chi connectivity index (χ1v) is 12.9. The molecule has 1 aromatic rings. The number of amides is 1. The molecule has 1 aliphatic carbocycles. The zero-order chi connectivity index (χ0) is 22.5. The van der Waals surface area contributed by atoms with Gasteiger partial charge in [0.2, 0.25) is 5.91 Å². The molecule has 0 bridgehead atoms. The van der Waals surface area contributed by atoms with Crippen LogP contribution in [0.25, 0.3) is 0 Å². The number of piperidine rings is 1. The highest BCUT2D eigenvalue weighted by Crippen LogP contribution is 2.37. The maximum atomic E-state index is 13.2. The Balaban J connectivity index is 1.30. The first-order chi connectivity index (χ1) is 15.6. The standard InChI is InChI=1S/C27H41N3O2/c1-3-12-30-19-21(16-24-18-25(31)9-10-26(24)30)17-27(32)29(4-2)15-14-28-13-11-22-7-5-6-8-23(22)20-28/h5-8,21,24,26H,3-4,9-20H2,1-2H3/t21-,24-,26-/m1/s1. The van der Waals surface area contributed by atoms with Gasteiger partial charge < -0.3 is 4.90 Å². The molecule has 2 aliphatic heterocycles. The van der Waals surface area contributed by atoms with E-state index in [1.165, 1.54) is 11.1 Å². The third-order valence-electron chi connectivity index (χ3n) is 7.96. The lowest BCUT2D eigenvalue weighted by Crippen LogP contribution is -2.52. The summed E-state index contributed by atoms with van der Waals surface area (Å²) in [5, 5.41) is 0. The van der Waals surface area contributed by atoms with Crippen molar-refractivity contribution in [2.45, 2.75) is 71.4 Å². The van der Waals surface area contributed by atoms with Gasteiger partial charge in [-0.2, -0.15) is 0 Å². The molecular formula is C27H41N3O2. The van der Waals surface area contributed by atoms with Gasteiger partial charge in [-0.15, -0.1) is 0 Å². The molecule has 3 aliphatic rings. The van der Waals surface area contributed by atoms with Crippen LogP contribution in [-0.2, 0) is 22.6 Å². The largest absolute Gasteiger partial charge is 0.342 e. The van der Waals surface area contributed by atoms with E-state index in [4.69, 9.17) is 0 Å². The highest BCUT2D eigenvalue weighted by atomic mass is 16.2. The van der Waals surface area contributed by atoms with E-state index in [-0.39, 0.29) is 0 Å². The van der Waals surface area contributed by atoms with Crippen LogP contribution in [0.4, 0.5) is 0 Å². The van der Waals surface area contributed by atoms with E-state index in [0.717, 1.165) is 84.3 Å². The zero-order valence-corrected chi connectivity index (χ0v) is 20.1. The van der Waals surface area contributed by atoms with Crippen molar-refractivity contribution in [2.75, 3.05) is 39.3 Å². The van der Waals surface area contributed by atoms with Crippen molar-refractivity contribution < 1.29 is 9.59 Å². The fourth-order valence-electron chi connectivity index (χ4n) is 6.30.